The van der Waals surface area contributed by atoms with Gasteiger partial charge in [0.25, 0.3) is 5.91 Å². The molecule has 2 unspecified atom stereocenters. The van der Waals surface area contributed by atoms with Crippen LogP contribution in [0.15, 0.2) is 102 Å². The first-order chi connectivity index (χ1) is 18.9. The maximum absolute atomic E-state index is 13.9. The number of furan rings is 1. The molecule has 0 radical (unpaired) electrons. The van der Waals surface area contributed by atoms with Gasteiger partial charge in [0.1, 0.15) is 0 Å². The lowest BCUT2D eigenvalue weighted by atomic mass is 9.99. The first-order valence-electron chi connectivity index (χ1n) is 12.7. The minimum Gasteiger partial charge on any atom is -0.459 e. The largest absolute Gasteiger partial charge is 0.459 e. The summed E-state index contributed by atoms with van der Waals surface area (Å²) in [5, 5.41) is 2.77. The van der Waals surface area contributed by atoms with E-state index in [-0.39, 0.29) is 24.1 Å². The fourth-order valence-electron chi connectivity index (χ4n) is 4.60. The Bertz CT molecular complexity index is 1430. The molecule has 5 rings (SSSR count). The smallest absolute Gasteiger partial charge is 0.411 e. The van der Waals surface area contributed by atoms with Gasteiger partial charge in [-0.25, -0.2) is 4.79 Å². The third-order valence-electron chi connectivity index (χ3n) is 6.69. The number of ether oxygens (including phenoxy) is 1. The molecule has 0 spiro atoms. The zero-order valence-corrected chi connectivity index (χ0v) is 21.7. The SMILES string of the molecule is Cc1ccc(CN2C(=O)OC(c3ccc(NC(=O)c4ccco4)cc3)C2C(=O)N(C)Cc2ccccc2)cc1. The molecular weight excluding hydrogens is 494 g/mol. The molecule has 1 fully saturated rings. The maximum atomic E-state index is 13.9. The minimum absolute atomic E-state index is 0.197. The number of carbonyl (C=O) groups excluding carboxylic acids is 3. The highest BCUT2D eigenvalue weighted by Gasteiger charge is 2.48. The summed E-state index contributed by atoms with van der Waals surface area (Å²) in [7, 11) is 1.73. The summed E-state index contributed by atoms with van der Waals surface area (Å²) in [5.74, 6) is -0.403. The number of carbonyl (C=O) groups is 3. The maximum Gasteiger partial charge on any atom is 0.411 e. The summed E-state index contributed by atoms with van der Waals surface area (Å²) in [5.41, 5.74) is 4.19. The van der Waals surface area contributed by atoms with Crippen LogP contribution in [0.4, 0.5) is 10.5 Å². The zero-order chi connectivity index (χ0) is 27.4. The number of rotatable bonds is 8. The summed E-state index contributed by atoms with van der Waals surface area (Å²) in [4.78, 5) is 42.4. The van der Waals surface area contributed by atoms with Crippen molar-refractivity contribution >= 4 is 23.6 Å². The molecule has 1 saturated heterocycles. The van der Waals surface area contributed by atoms with E-state index in [0.29, 0.717) is 17.8 Å². The van der Waals surface area contributed by atoms with Gasteiger partial charge >= 0.3 is 6.09 Å². The van der Waals surface area contributed by atoms with Gasteiger partial charge < -0.3 is 19.4 Å². The number of hydrogen-bond acceptors (Lipinski definition) is 5. The van der Waals surface area contributed by atoms with Crippen molar-refractivity contribution < 1.29 is 23.5 Å². The predicted octanol–water partition coefficient (Wildman–Crippen LogP) is 5.56. The average Bonchev–Trinajstić information content (AvgIpc) is 3.59. The van der Waals surface area contributed by atoms with Crippen LogP contribution in [0.3, 0.4) is 0 Å². The van der Waals surface area contributed by atoms with Gasteiger partial charge in [-0.05, 0) is 47.9 Å². The third-order valence-corrected chi connectivity index (χ3v) is 6.69. The number of benzene rings is 3. The molecule has 0 bridgehead atoms. The predicted molar refractivity (Wildman–Crippen MR) is 146 cm³/mol. The van der Waals surface area contributed by atoms with Gasteiger partial charge in [-0.15, -0.1) is 0 Å². The van der Waals surface area contributed by atoms with E-state index < -0.39 is 18.2 Å². The van der Waals surface area contributed by atoms with Crippen molar-refractivity contribution in [3.8, 4) is 0 Å². The molecule has 8 nitrogen and oxygen atoms in total. The molecule has 1 aliphatic rings. The van der Waals surface area contributed by atoms with Gasteiger partial charge in [0.2, 0.25) is 5.91 Å². The molecule has 0 aliphatic carbocycles. The normalized spacial score (nSPS) is 16.6. The van der Waals surface area contributed by atoms with Gasteiger partial charge in [0.05, 0.1) is 12.8 Å². The lowest BCUT2D eigenvalue weighted by Crippen LogP contribution is -2.46. The number of cyclic esters (lactones) is 1. The van der Waals surface area contributed by atoms with Gasteiger partial charge in [-0.3, -0.25) is 14.5 Å². The van der Waals surface area contributed by atoms with Crippen LogP contribution in [0, 0.1) is 6.92 Å². The third kappa shape index (κ3) is 5.85. The van der Waals surface area contributed by atoms with E-state index in [2.05, 4.69) is 5.32 Å². The highest BCUT2D eigenvalue weighted by Crippen LogP contribution is 2.35. The Morgan fingerprint density at radius 2 is 1.62 bits per heavy atom. The average molecular weight is 524 g/mol. The van der Waals surface area contributed by atoms with Crippen LogP contribution in [0.1, 0.15) is 38.9 Å². The van der Waals surface area contributed by atoms with Crippen LogP contribution in [0.2, 0.25) is 0 Å². The van der Waals surface area contributed by atoms with Gasteiger partial charge in [0, 0.05) is 19.3 Å². The van der Waals surface area contributed by atoms with Crippen LogP contribution in [0.25, 0.3) is 0 Å². The highest BCUT2D eigenvalue weighted by molar-refractivity contribution is 6.02. The monoisotopic (exact) mass is 523 g/mol. The Hall–Kier alpha value is -4.85. The number of likely N-dealkylation sites (N-methyl/N-ethyl adjacent to an activating group) is 1. The molecule has 2 atom stereocenters. The zero-order valence-electron chi connectivity index (χ0n) is 21.7. The van der Waals surface area contributed by atoms with Gasteiger partial charge in [-0.2, -0.15) is 0 Å². The molecule has 3 amide bonds. The summed E-state index contributed by atoms with van der Waals surface area (Å²) >= 11 is 0. The molecular formula is C31H29N3O5. The Morgan fingerprint density at radius 1 is 0.897 bits per heavy atom. The van der Waals surface area contributed by atoms with E-state index in [1.807, 2.05) is 61.5 Å². The van der Waals surface area contributed by atoms with Crippen molar-refractivity contribution in [1.82, 2.24) is 9.80 Å². The van der Waals surface area contributed by atoms with E-state index in [0.717, 1.165) is 16.7 Å². The summed E-state index contributed by atoms with van der Waals surface area (Å²) < 4.78 is 10.9. The van der Waals surface area contributed by atoms with Crippen LogP contribution >= 0.6 is 0 Å². The number of amides is 3. The quantitative estimate of drug-likeness (QED) is 0.326. The minimum atomic E-state index is -0.865. The van der Waals surface area contributed by atoms with E-state index in [9.17, 15) is 14.4 Å². The fraction of sp³-hybridized carbons (Fsp3) is 0.194. The Labute approximate surface area is 226 Å². The summed E-state index contributed by atoms with van der Waals surface area (Å²) in [6, 6.07) is 26.8. The fourth-order valence-corrected chi connectivity index (χ4v) is 4.60. The van der Waals surface area contributed by atoms with Crippen molar-refractivity contribution in [3.05, 3.63) is 125 Å². The van der Waals surface area contributed by atoms with Gasteiger partial charge in [0.15, 0.2) is 17.9 Å². The Kier molecular flexibility index (Phi) is 7.45. The summed E-state index contributed by atoms with van der Waals surface area (Å²) in [6.45, 7) is 2.63. The van der Waals surface area contributed by atoms with E-state index in [1.54, 1.807) is 48.3 Å². The number of anilines is 1. The van der Waals surface area contributed by atoms with Crippen molar-refractivity contribution in [1.29, 1.82) is 0 Å². The second-order valence-corrected chi connectivity index (χ2v) is 9.60. The van der Waals surface area contributed by atoms with Crippen LogP contribution in [-0.2, 0) is 22.6 Å². The summed E-state index contributed by atoms with van der Waals surface area (Å²) in [6.07, 6.45) is 0.0616. The standard InChI is InChI=1S/C31H29N3O5/c1-21-10-12-23(13-11-21)20-34-27(30(36)33(2)19-22-7-4-3-5-8-22)28(39-31(34)37)24-14-16-25(17-15-24)32-29(35)26-9-6-18-38-26/h3-18,27-28H,19-20H2,1-2H3,(H,32,35). The van der Waals surface area contributed by atoms with Crippen LogP contribution in [0.5, 0.6) is 0 Å². The van der Waals surface area contributed by atoms with Gasteiger partial charge in [-0.1, -0.05) is 72.3 Å². The van der Waals surface area contributed by atoms with Crippen molar-refractivity contribution in [2.24, 2.45) is 0 Å². The van der Waals surface area contributed by atoms with Crippen LogP contribution < -0.4 is 5.32 Å². The number of aryl methyl sites for hydroxylation is 1. The highest BCUT2D eigenvalue weighted by atomic mass is 16.6. The number of hydrogen-bond donors (Lipinski definition) is 1. The lowest BCUT2D eigenvalue weighted by molar-refractivity contribution is -0.136. The van der Waals surface area contributed by atoms with E-state index >= 15 is 0 Å². The van der Waals surface area contributed by atoms with Crippen molar-refractivity contribution in [2.45, 2.75) is 32.2 Å². The number of nitrogens with one attached hydrogen (secondary N) is 1. The van der Waals surface area contributed by atoms with Crippen molar-refractivity contribution in [2.75, 3.05) is 12.4 Å². The molecule has 1 aromatic heterocycles. The molecule has 4 aromatic rings. The molecule has 198 valence electrons. The van der Waals surface area contributed by atoms with E-state index in [4.69, 9.17) is 9.15 Å². The van der Waals surface area contributed by atoms with Crippen LogP contribution in [-0.4, -0.2) is 40.8 Å². The topological polar surface area (TPSA) is 92.1 Å². The van der Waals surface area contributed by atoms with E-state index in [1.165, 1.54) is 11.2 Å². The first-order valence-corrected chi connectivity index (χ1v) is 12.7. The Morgan fingerprint density at radius 3 is 2.28 bits per heavy atom. The second kappa shape index (κ2) is 11.3. The molecule has 0 saturated carbocycles. The van der Waals surface area contributed by atoms with Crippen molar-refractivity contribution in [3.63, 3.8) is 0 Å². The second-order valence-electron chi connectivity index (χ2n) is 9.60. The molecule has 8 heteroatoms. The Balaban J connectivity index is 1.40. The molecule has 1 aliphatic heterocycles. The molecule has 39 heavy (non-hydrogen) atoms. The molecule has 2 heterocycles. The molecule has 3 aromatic carbocycles. The first kappa shape index (κ1) is 25.8. The molecule has 1 N–H and O–H groups in total. The lowest BCUT2D eigenvalue weighted by Gasteiger charge is -2.28. The number of nitrogens with zero attached hydrogens (tertiary/aromatic N) is 2.